The fourth-order valence-corrected chi connectivity index (χ4v) is 1.91. The van der Waals surface area contributed by atoms with Gasteiger partial charge in [0, 0.05) is 18.9 Å². The van der Waals surface area contributed by atoms with Gasteiger partial charge in [-0.2, -0.15) is 4.98 Å². The quantitative estimate of drug-likeness (QED) is 0.785. The number of aryl methyl sites for hydroxylation is 1. The van der Waals surface area contributed by atoms with E-state index >= 15 is 0 Å². The summed E-state index contributed by atoms with van der Waals surface area (Å²) in [6, 6.07) is 9.50. The van der Waals surface area contributed by atoms with E-state index in [1.807, 2.05) is 38.2 Å². The fraction of sp³-hybridized carbons (Fsp3) is 0.143. The van der Waals surface area contributed by atoms with Crippen molar-refractivity contribution >= 4 is 5.69 Å². The van der Waals surface area contributed by atoms with Crippen LogP contribution in [-0.4, -0.2) is 27.2 Å². The number of benzene rings is 1. The van der Waals surface area contributed by atoms with E-state index in [0.29, 0.717) is 23.2 Å². The molecule has 0 radical (unpaired) electrons. The summed E-state index contributed by atoms with van der Waals surface area (Å²) in [4.78, 5) is 12.7. The molecule has 3 rings (SSSR count). The monoisotopic (exact) mass is 267 g/mol. The van der Waals surface area contributed by atoms with Crippen molar-refractivity contribution in [2.24, 2.45) is 0 Å². The molecule has 100 valence electrons. The van der Waals surface area contributed by atoms with Gasteiger partial charge < -0.3 is 9.84 Å². The molecule has 1 N–H and O–H groups in total. The second-order valence-corrected chi connectivity index (χ2v) is 4.21. The number of anilines is 1. The summed E-state index contributed by atoms with van der Waals surface area (Å²) in [6.45, 7) is 1.82. The van der Waals surface area contributed by atoms with Crippen molar-refractivity contribution in [2.75, 3.05) is 12.4 Å². The molecule has 20 heavy (non-hydrogen) atoms. The maximum absolute atomic E-state index is 5.33. The first-order valence-corrected chi connectivity index (χ1v) is 6.19. The zero-order chi connectivity index (χ0) is 13.9. The Balaban J connectivity index is 2.02. The lowest BCUT2D eigenvalue weighted by atomic mass is 10.2. The third-order valence-corrected chi connectivity index (χ3v) is 2.86. The summed E-state index contributed by atoms with van der Waals surface area (Å²) in [6.07, 6.45) is 1.68. The lowest BCUT2D eigenvalue weighted by Crippen LogP contribution is -1.92. The summed E-state index contributed by atoms with van der Waals surface area (Å²) < 4.78 is 5.33. The second-order valence-electron chi connectivity index (χ2n) is 4.21. The van der Waals surface area contributed by atoms with Gasteiger partial charge in [0.1, 0.15) is 11.5 Å². The molecule has 2 heterocycles. The van der Waals surface area contributed by atoms with E-state index in [2.05, 4.69) is 25.4 Å². The molecule has 0 amide bonds. The SMILES string of the molecule is CNc1ccccc1-c1nc(-c2ccnc(C)n2)no1. The van der Waals surface area contributed by atoms with E-state index in [-0.39, 0.29) is 0 Å². The highest BCUT2D eigenvalue weighted by Gasteiger charge is 2.14. The fourth-order valence-electron chi connectivity index (χ4n) is 1.91. The van der Waals surface area contributed by atoms with E-state index < -0.39 is 0 Å². The molecule has 0 aliphatic carbocycles. The Kier molecular flexibility index (Phi) is 3.12. The van der Waals surface area contributed by atoms with Crippen LogP contribution in [0.3, 0.4) is 0 Å². The van der Waals surface area contributed by atoms with E-state index in [1.165, 1.54) is 0 Å². The van der Waals surface area contributed by atoms with E-state index in [0.717, 1.165) is 11.3 Å². The molecule has 0 aliphatic rings. The first-order chi connectivity index (χ1) is 9.78. The normalized spacial score (nSPS) is 10.5. The van der Waals surface area contributed by atoms with Crippen LogP contribution in [0.25, 0.3) is 23.0 Å². The number of hydrogen-bond acceptors (Lipinski definition) is 6. The van der Waals surface area contributed by atoms with Crippen molar-refractivity contribution in [1.82, 2.24) is 20.1 Å². The number of rotatable bonds is 3. The maximum Gasteiger partial charge on any atom is 0.260 e. The molecule has 0 atom stereocenters. The summed E-state index contributed by atoms with van der Waals surface area (Å²) in [7, 11) is 1.85. The van der Waals surface area contributed by atoms with Crippen LogP contribution in [0, 0.1) is 6.92 Å². The molecule has 3 aromatic rings. The number of hydrogen-bond donors (Lipinski definition) is 1. The summed E-state index contributed by atoms with van der Waals surface area (Å²) >= 11 is 0. The van der Waals surface area contributed by atoms with Crippen molar-refractivity contribution in [3.8, 4) is 23.0 Å². The van der Waals surface area contributed by atoms with Crippen molar-refractivity contribution < 1.29 is 4.52 Å². The highest BCUT2D eigenvalue weighted by Crippen LogP contribution is 2.27. The van der Waals surface area contributed by atoms with Crippen molar-refractivity contribution in [3.05, 3.63) is 42.4 Å². The molecule has 0 aliphatic heterocycles. The van der Waals surface area contributed by atoms with Crippen molar-refractivity contribution in [3.63, 3.8) is 0 Å². The average molecular weight is 267 g/mol. The Bertz CT molecular complexity index is 738. The Labute approximate surface area is 115 Å². The molecule has 0 saturated carbocycles. The van der Waals surface area contributed by atoms with Crippen LogP contribution in [0.15, 0.2) is 41.1 Å². The first kappa shape index (κ1) is 12.3. The van der Waals surface area contributed by atoms with Crippen LogP contribution < -0.4 is 5.32 Å². The standard InChI is InChI=1S/C14H13N5O/c1-9-16-8-7-12(17-9)13-18-14(20-19-13)10-5-3-4-6-11(10)15-2/h3-8,15H,1-2H3. The third-order valence-electron chi connectivity index (χ3n) is 2.86. The number of nitrogens with zero attached hydrogens (tertiary/aromatic N) is 4. The number of nitrogens with one attached hydrogen (secondary N) is 1. The van der Waals surface area contributed by atoms with Crippen molar-refractivity contribution in [2.45, 2.75) is 6.92 Å². The molecule has 6 nitrogen and oxygen atoms in total. The Hall–Kier alpha value is -2.76. The molecule has 2 aromatic heterocycles. The number of para-hydroxylation sites is 1. The average Bonchev–Trinajstić information content (AvgIpc) is 2.97. The largest absolute Gasteiger partial charge is 0.387 e. The third kappa shape index (κ3) is 2.23. The van der Waals surface area contributed by atoms with Gasteiger partial charge in [-0.3, -0.25) is 0 Å². The van der Waals surface area contributed by atoms with Gasteiger partial charge in [-0.05, 0) is 25.1 Å². The maximum atomic E-state index is 5.33. The topological polar surface area (TPSA) is 76.7 Å². The summed E-state index contributed by atoms with van der Waals surface area (Å²) in [5.41, 5.74) is 2.44. The lowest BCUT2D eigenvalue weighted by Gasteiger charge is -2.03. The Morgan fingerprint density at radius 1 is 1.10 bits per heavy atom. The van der Waals surface area contributed by atoms with Crippen LogP contribution >= 0.6 is 0 Å². The second kappa shape index (κ2) is 5.08. The molecular weight excluding hydrogens is 254 g/mol. The van der Waals surface area contributed by atoms with Gasteiger partial charge in [0.25, 0.3) is 5.89 Å². The zero-order valence-corrected chi connectivity index (χ0v) is 11.2. The molecule has 6 heteroatoms. The van der Waals surface area contributed by atoms with Gasteiger partial charge in [0.15, 0.2) is 0 Å². The van der Waals surface area contributed by atoms with Gasteiger partial charge in [0.2, 0.25) is 5.82 Å². The molecule has 0 bridgehead atoms. The van der Waals surface area contributed by atoms with Crippen LogP contribution in [0.5, 0.6) is 0 Å². The van der Waals surface area contributed by atoms with Gasteiger partial charge >= 0.3 is 0 Å². The van der Waals surface area contributed by atoms with Crippen LogP contribution in [-0.2, 0) is 0 Å². The number of aromatic nitrogens is 4. The lowest BCUT2D eigenvalue weighted by molar-refractivity contribution is 0.432. The zero-order valence-electron chi connectivity index (χ0n) is 11.2. The van der Waals surface area contributed by atoms with E-state index in [4.69, 9.17) is 4.52 Å². The van der Waals surface area contributed by atoms with Crippen LogP contribution in [0.4, 0.5) is 5.69 Å². The minimum Gasteiger partial charge on any atom is -0.387 e. The Morgan fingerprint density at radius 3 is 2.75 bits per heavy atom. The summed E-state index contributed by atoms with van der Waals surface area (Å²) in [5, 5.41) is 7.07. The van der Waals surface area contributed by atoms with Crippen molar-refractivity contribution in [1.29, 1.82) is 0 Å². The van der Waals surface area contributed by atoms with E-state index in [1.54, 1.807) is 12.3 Å². The predicted molar refractivity (Wildman–Crippen MR) is 75.0 cm³/mol. The first-order valence-electron chi connectivity index (χ1n) is 6.19. The van der Waals surface area contributed by atoms with Gasteiger partial charge in [-0.15, -0.1) is 0 Å². The van der Waals surface area contributed by atoms with E-state index in [9.17, 15) is 0 Å². The van der Waals surface area contributed by atoms with Gasteiger partial charge in [-0.1, -0.05) is 17.3 Å². The highest BCUT2D eigenvalue weighted by atomic mass is 16.5. The molecule has 1 aromatic carbocycles. The minimum atomic E-state index is 0.455. The smallest absolute Gasteiger partial charge is 0.260 e. The van der Waals surface area contributed by atoms with Crippen LogP contribution in [0.1, 0.15) is 5.82 Å². The molecule has 0 spiro atoms. The highest BCUT2D eigenvalue weighted by molar-refractivity contribution is 5.72. The Morgan fingerprint density at radius 2 is 1.95 bits per heavy atom. The molecular formula is C14H13N5O. The van der Waals surface area contributed by atoms with Crippen LogP contribution in [0.2, 0.25) is 0 Å². The minimum absolute atomic E-state index is 0.455. The van der Waals surface area contributed by atoms with Gasteiger partial charge in [-0.25, -0.2) is 9.97 Å². The molecule has 0 saturated heterocycles. The summed E-state index contributed by atoms with van der Waals surface area (Å²) in [5.74, 6) is 1.59. The predicted octanol–water partition coefficient (Wildman–Crippen LogP) is 2.54. The molecule has 0 fully saturated rings. The molecule has 0 unspecified atom stereocenters. The van der Waals surface area contributed by atoms with Gasteiger partial charge in [0.05, 0.1) is 5.56 Å².